The monoisotopic (exact) mass is 213 g/mol. The summed E-state index contributed by atoms with van der Waals surface area (Å²) in [5.74, 6) is 0. The second-order valence-electron chi connectivity index (χ2n) is 4.07. The molecule has 88 valence electrons. The van der Waals surface area contributed by atoms with Gasteiger partial charge in [0, 0.05) is 32.7 Å². The molecule has 1 aliphatic rings. The lowest BCUT2D eigenvalue weighted by atomic mass is 10.1. The van der Waals surface area contributed by atoms with E-state index in [-0.39, 0.29) is 6.03 Å². The zero-order valence-corrected chi connectivity index (χ0v) is 10.1. The van der Waals surface area contributed by atoms with Crippen LogP contribution in [0.3, 0.4) is 0 Å². The van der Waals surface area contributed by atoms with Crippen LogP contribution in [0.1, 0.15) is 26.7 Å². The molecule has 0 aliphatic carbocycles. The molecule has 0 aromatic rings. The third-order valence-electron chi connectivity index (χ3n) is 3.15. The molecule has 1 N–H and O–H groups in total. The van der Waals surface area contributed by atoms with Crippen molar-refractivity contribution in [3.8, 4) is 0 Å². The van der Waals surface area contributed by atoms with Gasteiger partial charge in [-0.25, -0.2) is 4.79 Å². The van der Waals surface area contributed by atoms with Crippen molar-refractivity contribution < 1.29 is 4.79 Å². The Bertz CT molecular complexity index is 198. The predicted molar refractivity (Wildman–Crippen MR) is 62.0 cm³/mol. The van der Waals surface area contributed by atoms with E-state index in [1.165, 1.54) is 6.42 Å². The summed E-state index contributed by atoms with van der Waals surface area (Å²) in [6, 6.07) is 0.528. The summed E-state index contributed by atoms with van der Waals surface area (Å²) in [5, 5.41) is 3.33. The van der Waals surface area contributed by atoms with Gasteiger partial charge in [-0.2, -0.15) is 0 Å². The van der Waals surface area contributed by atoms with Crippen LogP contribution in [0.25, 0.3) is 0 Å². The molecule has 1 unspecified atom stereocenters. The molecule has 1 heterocycles. The molecule has 15 heavy (non-hydrogen) atoms. The first kappa shape index (κ1) is 12.3. The van der Waals surface area contributed by atoms with Gasteiger partial charge in [0.1, 0.15) is 0 Å². The fraction of sp³-hybridized carbons (Fsp3) is 0.909. The smallest absolute Gasteiger partial charge is 0.320 e. The second-order valence-corrected chi connectivity index (χ2v) is 4.07. The Morgan fingerprint density at radius 2 is 2.07 bits per heavy atom. The molecular weight excluding hydrogens is 190 g/mol. The Hall–Kier alpha value is -0.770. The van der Waals surface area contributed by atoms with E-state index in [4.69, 9.17) is 0 Å². The Kier molecular flexibility index (Phi) is 4.88. The van der Waals surface area contributed by atoms with Crippen LogP contribution in [-0.2, 0) is 0 Å². The largest absolute Gasteiger partial charge is 0.325 e. The summed E-state index contributed by atoms with van der Waals surface area (Å²) in [5.41, 5.74) is 0. The van der Waals surface area contributed by atoms with Gasteiger partial charge in [0.05, 0.1) is 0 Å². The molecule has 1 rings (SSSR count). The quantitative estimate of drug-likeness (QED) is 0.763. The zero-order chi connectivity index (χ0) is 11.3. The first-order valence-corrected chi connectivity index (χ1v) is 5.93. The normalized spacial score (nSPS) is 21.1. The van der Waals surface area contributed by atoms with Crippen molar-refractivity contribution >= 4 is 6.03 Å². The summed E-state index contributed by atoms with van der Waals surface area (Å²) in [6.07, 6.45) is 2.29. The first-order valence-electron chi connectivity index (χ1n) is 5.93. The van der Waals surface area contributed by atoms with Crippen LogP contribution >= 0.6 is 0 Å². The zero-order valence-electron chi connectivity index (χ0n) is 10.1. The Morgan fingerprint density at radius 1 is 1.40 bits per heavy atom. The van der Waals surface area contributed by atoms with Crippen LogP contribution in [0.4, 0.5) is 4.79 Å². The highest BCUT2D eigenvalue weighted by atomic mass is 16.2. The molecular formula is C11H23N3O. The first-order chi connectivity index (χ1) is 7.20. The van der Waals surface area contributed by atoms with Crippen molar-refractivity contribution in [2.45, 2.75) is 32.7 Å². The highest BCUT2D eigenvalue weighted by molar-refractivity contribution is 5.74. The molecule has 1 aliphatic heterocycles. The second kappa shape index (κ2) is 5.95. The number of carbonyl (C=O) groups excluding carboxylic acids is 1. The molecule has 0 aromatic heterocycles. The summed E-state index contributed by atoms with van der Waals surface area (Å²) in [7, 11) is 1.92. The molecule has 0 radical (unpaired) electrons. The van der Waals surface area contributed by atoms with Crippen LogP contribution in [0.2, 0.25) is 0 Å². The van der Waals surface area contributed by atoms with Gasteiger partial charge in [-0.3, -0.25) is 0 Å². The van der Waals surface area contributed by atoms with E-state index in [1.54, 1.807) is 0 Å². The molecule has 0 aromatic carbocycles. The molecule has 0 saturated carbocycles. The lowest BCUT2D eigenvalue weighted by molar-refractivity contribution is 0.142. The molecule has 4 heteroatoms. The van der Waals surface area contributed by atoms with Crippen molar-refractivity contribution in [2.75, 3.05) is 33.2 Å². The molecule has 1 saturated heterocycles. The van der Waals surface area contributed by atoms with Crippen molar-refractivity contribution in [3.63, 3.8) is 0 Å². The van der Waals surface area contributed by atoms with E-state index in [2.05, 4.69) is 5.32 Å². The van der Waals surface area contributed by atoms with E-state index in [0.29, 0.717) is 6.04 Å². The maximum Gasteiger partial charge on any atom is 0.320 e. The summed E-state index contributed by atoms with van der Waals surface area (Å²) in [6.45, 7) is 7.65. The van der Waals surface area contributed by atoms with E-state index in [9.17, 15) is 4.79 Å². The van der Waals surface area contributed by atoms with Crippen LogP contribution in [0.15, 0.2) is 0 Å². The number of nitrogens with one attached hydrogen (secondary N) is 1. The highest BCUT2D eigenvalue weighted by Crippen LogP contribution is 2.10. The highest BCUT2D eigenvalue weighted by Gasteiger charge is 2.24. The minimum absolute atomic E-state index is 0.161. The van der Waals surface area contributed by atoms with E-state index >= 15 is 0 Å². The van der Waals surface area contributed by atoms with Gasteiger partial charge in [0.15, 0.2) is 0 Å². The van der Waals surface area contributed by atoms with E-state index in [0.717, 1.165) is 32.6 Å². The predicted octanol–water partition coefficient (Wildman–Crippen LogP) is 1.13. The Morgan fingerprint density at radius 3 is 2.53 bits per heavy atom. The number of likely N-dealkylation sites (N-methyl/N-ethyl adjacent to an activating group) is 1. The lowest BCUT2D eigenvalue weighted by Gasteiger charge is -2.35. The minimum Gasteiger partial charge on any atom is -0.325 e. The number of amides is 2. The average Bonchev–Trinajstić information content (AvgIpc) is 2.30. The average molecular weight is 213 g/mol. The van der Waals surface area contributed by atoms with Gasteiger partial charge in [0.2, 0.25) is 0 Å². The molecule has 0 spiro atoms. The topological polar surface area (TPSA) is 35.6 Å². The standard InChI is InChI=1S/C11H23N3O/c1-4-14(5-2)11(15)13(3)10-7-6-8-12-9-10/h10,12H,4-9H2,1-3H3. The van der Waals surface area contributed by atoms with Gasteiger partial charge < -0.3 is 15.1 Å². The molecule has 2 amide bonds. The summed E-state index contributed by atoms with van der Waals surface area (Å²) in [4.78, 5) is 15.8. The molecule has 0 bridgehead atoms. The van der Waals surface area contributed by atoms with Gasteiger partial charge in [0.25, 0.3) is 0 Å². The SMILES string of the molecule is CCN(CC)C(=O)N(C)C1CCCNC1. The maximum atomic E-state index is 12.0. The van der Waals surface area contributed by atoms with Crippen molar-refractivity contribution in [1.82, 2.24) is 15.1 Å². The van der Waals surface area contributed by atoms with Crippen LogP contribution in [0.5, 0.6) is 0 Å². The summed E-state index contributed by atoms with van der Waals surface area (Å²) >= 11 is 0. The minimum atomic E-state index is 0.161. The number of nitrogens with zero attached hydrogens (tertiary/aromatic N) is 2. The lowest BCUT2D eigenvalue weighted by Crippen LogP contribution is -2.51. The van der Waals surface area contributed by atoms with Crippen molar-refractivity contribution in [1.29, 1.82) is 0 Å². The number of hydrogen-bond donors (Lipinski definition) is 1. The van der Waals surface area contributed by atoms with Gasteiger partial charge >= 0.3 is 6.03 Å². The molecule has 4 nitrogen and oxygen atoms in total. The molecule has 1 fully saturated rings. The summed E-state index contributed by atoms with van der Waals surface area (Å²) < 4.78 is 0. The maximum absolute atomic E-state index is 12.0. The Labute approximate surface area is 92.6 Å². The number of piperidine rings is 1. The number of rotatable bonds is 3. The fourth-order valence-electron chi connectivity index (χ4n) is 2.04. The van der Waals surface area contributed by atoms with Crippen molar-refractivity contribution in [3.05, 3.63) is 0 Å². The van der Waals surface area contributed by atoms with E-state index in [1.807, 2.05) is 30.7 Å². The Balaban J connectivity index is 2.49. The molecule has 1 atom stereocenters. The van der Waals surface area contributed by atoms with Crippen molar-refractivity contribution in [2.24, 2.45) is 0 Å². The van der Waals surface area contributed by atoms with Gasteiger partial charge in [-0.1, -0.05) is 0 Å². The van der Waals surface area contributed by atoms with Crippen LogP contribution < -0.4 is 5.32 Å². The number of hydrogen-bond acceptors (Lipinski definition) is 2. The number of carbonyl (C=O) groups is 1. The third-order valence-corrected chi connectivity index (χ3v) is 3.15. The van der Waals surface area contributed by atoms with Crippen LogP contribution in [-0.4, -0.2) is 55.1 Å². The van der Waals surface area contributed by atoms with Crippen LogP contribution in [0, 0.1) is 0 Å². The number of urea groups is 1. The van der Waals surface area contributed by atoms with Gasteiger partial charge in [-0.05, 0) is 33.2 Å². The fourth-order valence-corrected chi connectivity index (χ4v) is 2.04. The van der Waals surface area contributed by atoms with E-state index < -0.39 is 0 Å². The van der Waals surface area contributed by atoms with Gasteiger partial charge in [-0.15, -0.1) is 0 Å². The third kappa shape index (κ3) is 3.09.